The van der Waals surface area contributed by atoms with Gasteiger partial charge in [0.25, 0.3) is 0 Å². The number of aliphatic hydroxyl groups excluding tert-OH is 1. The first-order chi connectivity index (χ1) is 21.4. The molecule has 4 aromatic rings. The highest BCUT2D eigenvalue weighted by Gasteiger charge is 2.44. The summed E-state index contributed by atoms with van der Waals surface area (Å²) in [6.45, 7) is 10.7. The average Bonchev–Trinajstić information content (AvgIpc) is 3.02. The number of carbonyl (C=O) groups is 1. The Labute approximate surface area is 266 Å². The molecule has 4 aromatic carbocycles. The van der Waals surface area contributed by atoms with Gasteiger partial charge in [-0.1, -0.05) is 112 Å². The summed E-state index contributed by atoms with van der Waals surface area (Å²) in [6, 6.07) is 28.7. The number of rotatable bonds is 9. The van der Waals surface area contributed by atoms with E-state index in [-0.39, 0.29) is 28.5 Å². The predicted octanol–water partition coefficient (Wildman–Crippen LogP) is 7.11. The molecule has 5 rings (SSSR count). The SMILES string of the molecule is C[C@@H]1CN(c2c(C(O[SiH2]C(C)(C)C)(c3ccccc3)c3ccccc3)cc(C(=O)C(O)c3ccccc3)c(F)c2F)C[C@H](C)O1. The maximum Gasteiger partial charge on any atom is 0.198 e. The molecule has 236 valence electrons. The molecule has 0 aliphatic carbocycles. The normalized spacial score (nSPS) is 18.4. The summed E-state index contributed by atoms with van der Waals surface area (Å²) in [5.74, 6) is -3.39. The second kappa shape index (κ2) is 13.3. The Bertz CT molecular complexity index is 1560. The maximum absolute atomic E-state index is 16.9. The lowest BCUT2D eigenvalue weighted by atomic mass is 9.78. The molecule has 0 bridgehead atoms. The van der Waals surface area contributed by atoms with E-state index in [1.807, 2.05) is 74.5 Å². The van der Waals surface area contributed by atoms with Crippen molar-refractivity contribution in [3.05, 3.63) is 137 Å². The number of hydrogen-bond acceptors (Lipinski definition) is 5. The summed E-state index contributed by atoms with van der Waals surface area (Å²) in [6.07, 6.45) is -2.19. The van der Waals surface area contributed by atoms with Crippen LogP contribution in [-0.4, -0.2) is 46.0 Å². The summed E-state index contributed by atoms with van der Waals surface area (Å²) in [7, 11) is -1.36. The molecular weight excluding hydrogens is 588 g/mol. The van der Waals surface area contributed by atoms with Crippen LogP contribution < -0.4 is 4.90 Å². The van der Waals surface area contributed by atoms with Gasteiger partial charge in [-0.2, -0.15) is 0 Å². The molecular formula is C37H41F2NO4Si. The van der Waals surface area contributed by atoms with E-state index in [0.717, 1.165) is 11.1 Å². The lowest BCUT2D eigenvalue weighted by Gasteiger charge is -2.43. The van der Waals surface area contributed by atoms with Gasteiger partial charge in [0.05, 0.1) is 23.5 Å². The highest BCUT2D eigenvalue weighted by Crippen LogP contribution is 2.48. The largest absolute Gasteiger partial charge is 0.406 e. The molecule has 1 fully saturated rings. The van der Waals surface area contributed by atoms with Gasteiger partial charge < -0.3 is 19.2 Å². The molecule has 0 spiro atoms. The van der Waals surface area contributed by atoms with Gasteiger partial charge in [0.2, 0.25) is 0 Å². The minimum atomic E-state index is -1.69. The van der Waals surface area contributed by atoms with E-state index < -0.39 is 44.4 Å². The van der Waals surface area contributed by atoms with E-state index in [9.17, 15) is 9.90 Å². The smallest absolute Gasteiger partial charge is 0.198 e. The van der Waals surface area contributed by atoms with Crippen LogP contribution in [0.25, 0.3) is 0 Å². The molecule has 5 nitrogen and oxygen atoms in total. The quantitative estimate of drug-likeness (QED) is 0.122. The van der Waals surface area contributed by atoms with Gasteiger partial charge in [-0.05, 0) is 41.6 Å². The van der Waals surface area contributed by atoms with Crippen molar-refractivity contribution in [2.75, 3.05) is 18.0 Å². The number of Topliss-reactive ketones (excluding diaryl/α,β-unsaturated/α-hetero) is 1. The molecule has 0 radical (unpaired) electrons. The Balaban J connectivity index is 1.87. The maximum atomic E-state index is 16.9. The zero-order chi connectivity index (χ0) is 32.4. The van der Waals surface area contributed by atoms with Crippen LogP contribution in [0.2, 0.25) is 5.04 Å². The first-order valence-corrected chi connectivity index (χ1v) is 16.7. The minimum absolute atomic E-state index is 0.0240. The number of nitrogens with zero attached hydrogens (tertiary/aromatic N) is 1. The van der Waals surface area contributed by atoms with Gasteiger partial charge in [0, 0.05) is 18.7 Å². The van der Waals surface area contributed by atoms with Crippen molar-refractivity contribution in [2.24, 2.45) is 0 Å². The van der Waals surface area contributed by atoms with E-state index in [1.165, 1.54) is 6.07 Å². The number of carbonyl (C=O) groups excluding carboxylic acids is 1. The Morgan fingerprint density at radius 2 is 1.36 bits per heavy atom. The monoisotopic (exact) mass is 629 g/mol. The second-order valence-corrected chi connectivity index (χ2v) is 15.7. The Morgan fingerprint density at radius 3 is 1.84 bits per heavy atom. The second-order valence-electron chi connectivity index (χ2n) is 13.1. The van der Waals surface area contributed by atoms with Crippen molar-refractivity contribution in [2.45, 2.75) is 63.6 Å². The topological polar surface area (TPSA) is 59.0 Å². The van der Waals surface area contributed by atoms with E-state index in [0.29, 0.717) is 18.7 Å². The molecule has 45 heavy (non-hydrogen) atoms. The highest BCUT2D eigenvalue weighted by molar-refractivity contribution is 6.32. The van der Waals surface area contributed by atoms with Gasteiger partial charge in [0.15, 0.2) is 27.2 Å². The third-order valence-electron chi connectivity index (χ3n) is 8.01. The van der Waals surface area contributed by atoms with Crippen LogP contribution in [0.4, 0.5) is 14.5 Å². The van der Waals surface area contributed by atoms with E-state index in [4.69, 9.17) is 9.16 Å². The van der Waals surface area contributed by atoms with Crippen LogP contribution >= 0.6 is 0 Å². The van der Waals surface area contributed by atoms with Crippen molar-refractivity contribution >= 4 is 21.2 Å². The lowest BCUT2D eigenvalue weighted by Crippen LogP contribution is -2.48. The first-order valence-electron chi connectivity index (χ1n) is 15.4. The van der Waals surface area contributed by atoms with Crippen LogP contribution in [-0.2, 0) is 14.8 Å². The van der Waals surface area contributed by atoms with Gasteiger partial charge in [-0.15, -0.1) is 0 Å². The third-order valence-corrected chi connectivity index (χ3v) is 9.45. The van der Waals surface area contributed by atoms with E-state index >= 15 is 8.78 Å². The van der Waals surface area contributed by atoms with Crippen LogP contribution in [0.15, 0.2) is 97.1 Å². The molecule has 0 amide bonds. The molecule has 3 atom stereocenters. The molecule has 8 heteroatoms. The minimum Gasteiger partial charge on any atom is -0.406 e. The summed E-state index contributed by atoms with van der Waals surface area (Å²) < 4.78 is 46.3. The van der Waals surface area contributed by atoms with Gasteiger partial charge in [-0.3, -0.25) is 4.79 Å². The number of hydrogen-bond donors (Lipinski definition) is 1. The van der Waals surface area contributed by atoms with Gasteiger partial charge in [-0.25, -0.2) is 8.78 Å². The Hall–Kier alpha value is -3.69. The zero-order valence-electron chi connectivity index (χ0n) is 26.5. The summed E-state index contributed by atoms with van der Waals surface area (Å²) in [5, 5.41) is 10.9. The standard InChI is InChI=1S/C37H41F2NO4Si/c1-24-22-40(23-25(2)43-24)33-30(21-29(31(38)32(33)39)35(42)34(41)26-15-9-6-10-16-26)37(44-45-36(3,4)5,27-17-11-7-12-18-27)28-19-13-8-14-20-28/h6-21,24-25,34,41H,22-23,45H2,1-5H3/t24-,25+,34?. The Morgan fingerprint density at radius 1 is 0.867 bits per heavy atom. The van der Waals surface area contributed by atoms with Crippen molar-refractivity contribution < 1.29 is 27.8 Å². The van der Waals surface area contributed by atoms with Crippen molar-refractivity contribution in [3.8, 4) is 0 Å². The predicted molar refractivity (Wildman–Crippen MR) is 176 cm³/mol. The molecule has 0 saturated carbocycles. The first kappa shape index (κ1) is 32.7. The number of morpholine rings is 1. The average molecular weight is 630 g/mol. The van der Waals surface area contributed by atoms with E-state index in [2.05, 4.69) is 20.8 Å². The number of ketones is 1. The summed E-state index contributed by atoms with van der Waals surface area (Å²) in [4.78, 5) is 15.7. The zero-order valence-corrected chi connectivity index (χ0v) is 27.9. The molecule has 1 unspecified atom stereocenters. The molecule has 0 aromatic heterocycles. The number of halogens is 2. The van der Waals surface area contributed by atoms with Crippen LogP contribution in [0.5, 0.6) is 0 Å². The number of benzene rings is 4. The highest BCUT2D eigenvalue weighted by atomic mass is 28.2. The lowest BCUT2D eigenvalue weighted by molar-refractivity contribution is -0.00567. The fourth-order valence-electron chi connectivity index (χ4n) is 6.06. The Kier molecular flexibility index (Phi) is 9.70. The molecule has 1 aliphatic rings. The van der Waals surface area contributed by atoms with Crippen LogP contribution in [0.1, 0.15) is 73.3 Å². The van der Waals surface area contributed by atoms with Crippen molar-refractivity contribution in [1.29, 1.82) is 0 Å². The number of ether oxygens (including phenoxy) is 1. The van der Waals surface area contributed by atoms with Crippen LogP contribution in [0.3, 0.4) is 0 Å². The van der Waals surface area contributed by atoms with Crippen molar-refractivity contribution in [1.82, 2.24) is 0 Å². The number of aliphatic hydroxyl groups is 1. The molecule has 1 aliphatic heterocycles. The summed E-state index contributed by atoms with van der Waals surface area (Å²) in [5.41, 5.74) is 0.125. The van der Waals surface area contributed by atoms with Gasteiger partial charge >= 0.3 is 0 Å². The fraction of sp³-hybridized carbons (Fsp3) is 0.324. The number of anilines is 1. The van der Waals surface area contributed by atoms with Crippen molar-refractivity contribution in [3.63, 3.8) is 0 Å². The summed E-state index contributed by atoms with van der Waals surface area (Å²) >= 11 is 0. The van der Waals surface area contributed by atoms with Crippen LogP contribution in [0, 0.1) is 11.6 Å². The molecule has 1 saturated heterocycles. The third kappa shape index (κ3) is 6.79. The van der Waals surface area contributed by atoms with E-state index in [1.54, 1.807) is 35.2 Å². The molecule has 1 heterocycles. The fourth-order valence-corrected chi connectivity index (χ4v) is 7.20. The molecule has 1 N–H and O–H groups in total. The van der Waals surface area contributed by atoms with Gasteiger partial charge in [0.1, 0.15) is 11.7 Å².